The van der Waals surface area contributed by atoms with Crippen LogP contribution in [-0.2, 0) is 0 Å². The van der Waals surface area contributed by atoms with Crippen LogP contribution in [0.15, 0.2) is 83.9 Å². The number of methoxy groups -OCH3 is 1. The van der Waals surface area contributed by atoms with E-state index >= 15 is 0 Å². The van der Waals surface area contributed by atoms with E-state index in [1.165, 1.54) is 5.56 Å². The molecule has 0 amide bonds. The van der Waals surface area contributed by atoms with Gasteiger partial charge in [-0.3, -0.25) is 9.89 Å². The minimum absolute atomic E-state index is 0.0500. The minimum atomic E-state index is -0.0500. The zero-order chi connectivity index (χ0) is 18.4. The maximum atomic E-state index is 6.50. The number of nitrogens with zero attached hydrogens (tertiary/aromatic N) is 2. The van der Waals surface area contributed by atoms with E-state index in [1.807, 2.05) is 30.3 Å². The number of benzene rings is 3. The van der Waals surface area contributed by atoms with E-state index in [-0.39, 0.29) is 12.2 Å². The monoisotopic (exact) mass is 374 g/mol. The average Bonchev–Trinajstić information content (AvgIpc) is 3.34. The summed E-state index contributed by atoms with van der Waals surface area (Å²) in [6, 6.07) is 27.4. The first-order chi connectivity index (χ1) is 13.3. The van der Waals surface area contributed by atoms with Crippen LogP contribution in [0.1, 0.15) is 28.9 Å². The van der Waals surface area contributed by atoms with E-state index < -0.39 is 0 Å². The second kappa shape index (κ2) is 6.52. The number of fused-ring (bicyclic) bond motifs is 1. The largest absolute Gasteiger partial charge is 0.497 e. The molecule has 1 saturated heterocycles. The van der Waals surface area contributed by atoms with Gasteiger partial charge in [0, 0.05) is 10.6 Å². The van der Waals surface area contributed by atoms with Crippen molar-refractivity contribution in [1.82, 2.24) is 4.90 Å². The van der Waals surface area contributed by atoms with Gasteiger partial charge in [-0.25, -0.2) is 0 Å². The quantitative estimate of drug-likeness (QED) is 0.580. The van der Waals surface area contributed by atoms with Crippen molar-refractivity contribution in [3.63, 3.8) is 0 Å². The lowest BCUT2D eigenvalue weighted by Crippen LogP contribution is -2.08. The van der Waals surface area contributed by atoms with E-state index in [4.69, 9.17) is 21.3 Å². The van der Waals surface area contributed by atoms with Crippen molar-refractivity contribution >= 4 is 17.3 Å². The fraction of sp³-hybridized carbons (Fsp3) is 0.174. The van der Waals surface area contributed by atoms with Gasteiger partial charge in [0.1, 0.15) is 11.9 Å². The third-order valence-electron chi connectivity index (χ3n) is 5.39. The Hall–Kier alpha value is -2.62. The number of aliphatic imine (C=N–C) groups is 1. The minimum Gasteiger partial charge on any atom is -0.497 e. The Kier molecular flexibility index (Phi) is 4.00. The molecule has 0 aromatic heterocycles. The molecule has 2 aliphatic heterocycles. The van der Waals surface area contributed by atoms with Crippen LogP contribution < -0.4 is 4.74 Å². The highest BCUT2D eigenvalue weighted by molar-refractivity contribution is 6.31. The molecule has 4 unspecified atom stereocenters. The summed E-state index contributed by atoms with van der Waals surface area (Å²) in [5, 5.41) is 0.764. The van der Waals surface area contributed by atoms with Gasteiger partial charge in [0.15, 0.2) is 0 Å². The highest BCUT2D eigenvalue weighted by Crippen LogP contribution is 2.56. The lowest BCUT2D eigenvalue weighted by Gasteiger charge is -2.15. The molecule has 0 N–H and O–H groups in total. The molecular weight excluding hydrogens is 356 g/mol. The highest BCUT2D eigenvalue weighted by atomic mass is 35.5. The van der Waals surface area contributed by atoms with Gasteiger partial charge in [-0.05, 0) is 41.5 Å². The van der Waals surface area contributed by atoms with Crippen molar-refractivity contribution in [3.8, 4) is 5.75 Å². The summed E-state index contributed by atoms with van der Waals surface area (Å²) in [5.74, 6) is 0.854. The maximum Gasteiger partial charge on any atom is 0.131 e. The standard InChI is InChI=1S/C23H19ClN2O/c1-27-17-13-11-15(12-14-17)20-22-21(16-7-3-2-4-8-16)26(22)23(25-20)18-9-5-6-10-19(18)24/h2-14,21-23H,1H3. The fourth-order valence-corrected chi connectivity index (χ4v) is 4.28. The number of rotatable bonds is 4. The molecule has 0 aliphatic carbocycles. The summed E-state index contributed by atoms with van der Waals surface area (Å²) >= 11 is 6.50. The lowest BCUT2D eigenvalue weighted by atomic mass is 10.0. The second-order valence-corrected chi connectivity index (χ2v) is 7.29. The molecule has 0 radical (unpaired) electrons. The van der Waals surface area contributed by atoms with Crippen LogP contribution in [0.5, 0.6) is 5.75 Å². The molecule has 0 bridgehead atoms. The van der Waals surface area contributed by atoms with Crippen molar-refractivity contribution in [2.45, 2.75) is 18.2 Å². The molecule has 4 heteroatoms. The molecule has 1 fully saturated rings. The normalized spacial score (nSPS) is 25.6. The molecule has 0 saturated carbocycles. The molecular formula is C23H19ClN2O. The average molecular weight is 375 g/mol. The Morgan fingerprint density at radius 3 is 2.26 bits per heavy atom. The molecule has 0 spiro atoms. The van der Waals surface area contributed by atoms with E-state index in [0.29, 0.717) is 6.04 Å². The van der Waals surface area contributed by atoms with Crippen molar-refractivity contribution in [2.24, 2.45) is 4.99 Å². The van der Waals surface area contributed by atoms with Gasteiger partial charge >= 0.3 is 0 Å². The van der Waals surface area contributed by atoms with Gasteiger partial charge in [0.25, 0.3) is 0 Å². The van der Waals surface area contributed by atoms with E-state index in [0.717, 1.165) is 27.6 Å². The summed E-state index contributed by atoms with van der Waals surface area (Å²) < 4.78 is 5.30. The van der Waals surface area contributed by atoms with Crippen molar-refractivity contribution in [1.29, 1.82) is 0 Å². The number of hydrogen-bond donors (Lipinski definition) is 0. The Balaban J connectivity index is 1.57. The van der Waals surface area contributed by atoms with Gasteiger partial charge in [0.2, 0.25) is 0 Å². The van der Waals surface area contributed by atoms with Crippen LogP contribution in [-0.4, -0.2) is 23.8 Å². The van der Waals surface area contributed by atoms with Crippen molar-refractivity contribution < 1.29 is 4.74 Å². The first-order valence-corrected chi connectivity index (χ1v) is 9.44. The van der Waals surface area contributed by atoms with Crippen LogP contribution in [0.4, 0.5) is 0 Å². The Morgan fingerprint density at radius 2 is 1.56 bits per heavy atom. The zero-order valence-electron chi connectivity index (χ0n) is 14.9. The van der Waals surface area contributed by atoms with Gasteiger partial charge in [0.05, 0.1) is 24.9 Å². The fourth-order valence-electron chi connectivity index (χ4n) is 4.04. The van der Waals surface area contributed by atoms with Gasteiger partial charge in [-0.1, -0.05) is 60.1 Å². The molecule has 3 aromatic carbocycles. The number of halogens is 1. The molecule has 5 rings (SSSR count). The molecule has 3 aromatic rings. The summed E-state index contributed by atoms with van der Waals surface area (Å²) in [6.45, 7) is 0. The number of ether oxygens (including phenoxy) is 1. The second-order valence-electron chi connectivity index (χ2n) is 6.89. The van der Waals surface area contributed by atoms with Crippen LogP contribution in [0.3, 0.4) is 0 Å². The summed E-state index contributed by atoms with van der Waals surface area (Å²) in [4.78, 5) is 7.51. The van der Waals surface area contributed by atoms with Crippen LogP contribution >= 0.6 is 11.6 Å². The third kappa shape index (κ3) is 2.75. The smallest absolute Gasteiger partial charge is 0.131 e. The summed E-state index contributed by atoms with van der Waals surface area (Å²) in [7, 11) is 1.68. The van der Waals surface area contributed by atoms with Crippen LogP contribution in [0.25, 0.3) is 0 Å². The van der Waals surface area contributed by atoms with Crippen molar-refractivity contribution in [2.75, 3.05) is 7.11 Å². The van der Waals surface area contributed by atoms with E-state index in [9.17, 15) is 0 Å². The lowest BCUT2D eigenvalue weighted by molar-refractivity contribution is 0.404. The Labute approximate surface area is 163 Å². The summed E-state index contributed by atoms with van der Waals surface area (Å²) in [6.07, 6.45) is -0.0500. The van der Waals surface area contributed by atoms with Crippen LogP contribution in [0.2, 0.25) is 5.02 Å². The molecule has 4 atom stereocenters. The molecule has 2 heterocycles. The molecule has 3 nitrogen and oxygen atoms in total. The van der Waals surface area contributed by atoms with Gasteiger partial charge < -0.3 is 4.74 Å². The molecule has 134 valence electrons. The van der Waals surface area contributed by atoms with E-state index in [1.54, 1.807) is 7.11 Å². The first kappa shape index (κ1) is 16.5. The predicted octanol–water partition coefficient (Wildman–Crippen LogP) is 5.28. The molecule has 27 heavy (non-hydrogen) atoms. The predicted molar refractivity (Wildman–Crippen MR) is 109 cm³/mol. The van der Waals surface area contributed by atoms with Crippen LogP contribution in [0, 0.1) is 0 Å². The maximum absolute atomic E-state index is 6.50. The molecule has 2 aliphatic rings. The SMILES string of the molecule is COc1ccc(C2=NC(c3ccccc3Cl)N3C2C3c2ccccc2)cc1. The highest BCUT2D eigenvalue weighted by Gasteiger charge is 2.59. The van der Waals surface area contributed by atoms with Crippen molar-refractivity contribution in [3.05, 3.63) is 101 Å². The Morgan fingerprint density at radius 1 is 0.852 bits per heavy atom. The third-order valence-corrected chi connectivity index (χ3v) is 5.73. The van der Waals surface area contributed by atoms with Gasteiger partial charge in [-0.2, -0.15) is 0 Å². The summed E-state index contributed by atoms with van der Waals surface area (Å²) in [5.41, 5.74) is 4.64. The van der Waals surface area contributed by atoms with Gasteiger partial charge in [-0.15, -0.1) is 0 Å². The number of hydrogen-bond acceptors (Lipinski definition) is 3. The Bertz CT molecular complexity index is 1000. The zero-order valence-corrected chi connectivity index (χ0v) is 15.7. The van der Waals surface area contributed by atoms with E-state index in [2.05, 4.69) is 53.4 Å². The first-order valence-electron chi connectivity index (χ1n) is 9.07. The topological polar surface area (TPSA) is 24.6 Å².